The second-order valence-corrected chi connectivity index (χ2v) is 4.63. The standard InChI is InChI=1S/C12H16ClFN2/c13-4-5-16(12-2-1-3-12)9-10-6-11(14)8-15-7-10/h6-8,12H,1-5,9H2. The van der Waals surface area contributed by atoms with Crippen LogP contribution in [0.15, 0.2) is 18.5 Å². The highest BCUT2D eigenvalue weighted by Gasteiger charge is 2.24. The number of hydrogen-bond acceptors (Lipinski definition) is 2. The monoisotopic (exact) mass is 242 g/mol. The zero-order valence-corrected chi connectivity index (χ0v) is 9.96. The SMILES string of the molecule is Fc1cncc(CN(CCCl)C2CCC2)c1. The molecule has 16 heavy (non-hydrogen) atoms. The minimum Gasteiger partial charge on any atom is -0.295 e. The number of pyridine rings is 1. The molecule has 1 saturated carbocycles. The highest BCUT2D eigenvalue weighted by atomic mass is 35.5. The van der Waals surface area contributed by atoms with Crippen LogP contribution in [0.5, 0.6) is 0 Å². The first-order valence-electron chi connectivity index (χ1n) is 5.69. The third-order valence-corrected chi connectivity index (χ3v) is 3.28. The molecule has 2 nitrogen and oxygen atoms in total. The van der Waals surface area contributed by atoms with Gasteiger partial charge < -0.3 is 0 Å². The van der Waals surface area contributed by atoms with E-state index in [9.17, 15) is 4.39 Å². The Balaban J connectivity index is 1.98. The van der Waals surface area contributed by atoms with E-state index in [0.29, 0.717) is 11.9 Å². The predicted octanol–water partition coefficient (Wildman–Crippen LogP) is 2.81. The fourth-order valence-corrected chi connectivity index (χ4v) is 2.25. The van der Waals surface area contributed by atoms with Crippen molar-refractivity contribution in [2.75, 3.05) is 12.4 Å². The smallest absolute Gasteiger partial charge is 0.141 e. The molecule has 1 aliphatic carbocycles. The zero-order chi connectivity index (χ0) is 11.4. The topological polar surface area (TPSA) is 16.1 Å². The Morgan fingerprint density at radius 2 is 2.25 bits per heavy atom. The molecule has 0 atom stereocenters. The minimum absolute atomic E-state index is 0.267. The van der Waals surface area contributed by atoms with Crippen molar-refractivity contribution in [1.82, 2.24) is 9.88 Å². The van der Waals surface area contributed by atoms with Crippen LogP contribution in [0.3, 0.4) is 0 Å². The average molecular weight is 243 g/mol. The summed E-state index contributed by atoms with van der Waals surface area (Å²) in [5.41, 5.74) is 0.928. The summed E-state index contributed by atoms with van der Waals surface area (Å²) in [6.07, 6.45) is 6.73. The van der Waals surface area contributed by atoms with Crippen LogP contribution in [-0.4, -0.2) is 28.4 Å². The van der Waals surface area contributed by atoms with Crippen LogP contribution in [0, 0.1) is 5.82 Å². The lowest BCUT2D eigenvalue weighted by molar-refractivity contribution is 0.127. The quantitative estimate of drug-likeness (QED) is 0.739. The number of nitrogens with zero attached hydrogens (tertiary/aromatic N) is 2. The van der Waals surface area contributed by atoms with Gasteiger partial charge in [0.05, 0.1) is 6.20 Å². The van der Waals surface area contributed by atoms with E-state index >= 15 is 0 Å². The molecule has 0 saturated heterocycles. The minimum atomic E-state index is -0.267. The molecule has 0 aliphatic heterocycles. The number of aromatic nitrogens is 1. The highest BCUT2D eigenvalue weighted by Crippen LogP contribution is 2.26. The Morgan fingerprint density at radius 3 is 2.81 bits per heavy atom. The molecule has 0 unspecified atom stereocenters. The van der Waals surface area contributed by atoms with E-state index in [-0.39, 0.29) is 5.82 Å². The molecular weight excluding hydrogens is 227 g/mol. The number of rotatable bonds is 5. The molecule has 88 valence electrons. The Morgan fingerprint density at radius 1 is 1.44 bits per heavy atom. The fourth-order valence-electron chi connectivity index (χ4n) is 2.03. The van der Waals surface area contributed by atoms with Crippen molar-refractivity contribution in [3.05, 3.63) is 29.8 Å². The van der Waals surface area contributed by atoms with Crippen molar-refractivity contribution in [2.24, 2.45) is 0 Å². The molecule has 0 aromatic carbocycles. The van der Waals surface area contributed by atoms with Gasteiger partial charge in [0.2, 0.25) is 0 Å². The first kappa shape index (κ1) is 11.8. The van der Waals surface area contributed by atoms with Gasteiger partial charge in [0.15, 0.2) is 0 Å². The van der Waals surface area contributed by atoms with Crippen molar-refractivity contribution in [3.8, 4) is 0 Å². The maximum absolute atomic E-state index is 13.0. The van der Waals surface area contributed by atoms with Crippen LogP contribution >= 0.6 is 11.6 Å². The van der Waals surface area contributed by atoms with Gasteiger partial charge >= 0.3 is 0 Å². The molecule has 1 heterocycles. The molecule has 0 bridgehead atoms. The lowest BCUT2D eigenvalue weighted by Crippen LogP contribution is -2.40. The third-order valence-electron chi connectivity index (χ3n) is 3.11. The molecule has 1 aromatic rings. The normalized spacial score (nSPS) is 16.4. The van der Waals surface area contributed by atoms with Gasteiger partial charge in [-0.25, -0.2) is 4.39 Å². The average Bonchev–Trinajstić information content (AvgIpc) is 2.15. The molecule has 1 fully saturated rings. The van der Waals surface area contributed by atoms with Gasteiger partial charge in [-0.1, -0.05) is 6.42 Å². The summed E-state index contributed by atoms with van der Waals surface area (Å²) in [4.78, 5) is 6.19. The zero-order valence-electron chi connectivity index (χ0n) is 9.20. The first-order chi connectivity index (χ1) is 7.79. The molecule has 1 aliphatic rings. The molecule has 0 N–H and O–H groups in total. The van der Waals surface area contributed by atoms with E-state index in [1.165, 1.54) is 25.5 Å². The van der Waals surface area contributed by atoms with E-state index in [0.717, 1.165) is 18.7 Å². The van der Waals surface area contributed by atoms with Gasteiger partial charge in [-0.15, -0.1) is 11.6 Å². The van der Waals surface area contributed by atoms with Gasteiger partial charge in [0.1, 0.15) is 5.82 Å². The number of alkyl halides is 1. The lowest BCUT2D eigenvalue weighted by Gasteiger charge is -2.37. The van der Waals surface area contributed by atoms with Crippen LogP contribution in [-0.2, 0) is 6.54 Å². The second kappa shape index (κ2) is 5.60. The van der Waals surface area contributed by atoms with Crippen molar-refractivity contribution >= 4 is 11.6 Å². The lowest BCUT2D eigenvalue weighted by atomic mass is 9.91. The molecule has 2 rings (SSSR count). The van der Waals surface area contributed by atoms with Crippen LogP contribution in [0.2, 0.25) is 0 Å². The van der Waals surface area contributed by atoms with Crippen molar-refractivity contribution in [2.45, 2.75) is 31.8 Å². The third kappa shape index (κ3) is 2.92. The van der Waals surface area contributed by atoms with Gasteiger partial charge in [-0.3, -0.25) is 9.88 Å². The summed E-state index contributed by atoms with van der Waals surface area (Å²) in [5.74, 6) is 0.358. The Kier molecular flexibility index (Phi) is 4.13. The van der Waals surface area contributed by atoms with Gasteiger partial charge in [-0.2, -0.15) is 0 Å². The molecular formula is C12H16ClFN2. The summed E-state index contributed by atoms with van der Waals surface area (Å²) in [5, 5.41) is 0. The maximum Gasteiger partial charge on any atom is 0.141 e. The van der Waals surface area contributed by atoms with E-state index < -0.39 is 0 Å². The fraction of sp³-hybridized carbons (Fsp3) is 0.583. The highest BCUT2D eigenvalue weighted by molar-refractivity contribution is 6.18. The summed E-state index contributed by atoms with van der Waals surface area (Å²) >= 11 is 5.79. The van der Waals surface area contributed by atoms with E-state index in [2.05, 4.69) is 9.88 Å². The number of hydrogen-bond donors (Lipinski definition) is 0. The summed E-state index contributed by atoms with van der Waals surface area (Å²) in [7, 11) is 0. The molecule has 0 radical (unpaired) electrons. The second-order valence-electron chi connectivity index (χ2n) is 4.26. The van der Waals surface area contributed by atoms with Crippen LogP contribution in [0.1, 0.15) is 24.8 Å². The largest absolute Gasteiger partial charge is 0.295 e. The Bertz CT molecular complexity index is 342. The van der Waals surface area contributed by atoms with Crippen molar-refractivity contribution in [3.63, 3.8) is 0 Å². The summed E-state index contributed by atoms with van der Waals surface area (Å²) < 4.78 is 13.0. The Labute approximate surface area is 100 Å². The van der Waals surface area contributed by atoms with E-state index in [4.69, 9.17) is 11.6 Å². The number of halogens is 2. The van der Waals surface area contributed by atoms with Crippen LogP contribution in [0.4, 0.5) is 4.39 Å². The molecule has 0 spiro atoms. The van der Waals surface area contributed by atoms with Gasteiger partial charge in [-0.05, 0) is 24.5 Å². The van der Waals surface area contributed by atoms with Crippen molar-refractivity contribution in [1.29, 1.82) is 0 Å². The summed E-state index contributed by atoms with van der Waals surface area (Å²) in [6, 6.07) is 2.18. The molecule has 1 aromatic heterocycles. The van der Waals surface area contributed by atoms with Crippen LogP contribution < -0.4 is 0 Å². The predicted molar refractivity (Wildman–Crippen MR) is 63.0 cm³/mol. The summed E-state index contributed by atoms with van der Waals surface area (Å²) in [6.45, 7) is 1.62. The molecule has 0 amide bonds. The maximum atomic E-state index is 13.0. The van der Waals surface area contributed by atoms with E-state index in [1.807, 2.05) is 0 Å². The first-order valence-corrected chi connectivity index (χ1v) is 6.22. The van der Waals surface area contributed by atoms with Gasteiger partial charge in [0, 0.05) is 31.2 Å². The molecule has 4 heteroatoms. The van der Waals surface area contributed by atoms with Gasteiger partial charge in [0.25, 0.3) is 0 Å². The van der Waals surface area contributed by atoms with Crippen LogP contribution in [0.25, 0.3) is 0 Å². The van der Waals surface area contributed by atoms with E-state index in [1.54, 1.807) is 12.3 Å². The Hall–Kier alpha value is -0.670. The van der Waals surface area contributed by atoms with Crippen molar-refractivity contribution < 1.29 is 4.39 Å².